The van der Waals surface area contributed by atoms with Crippen molar-refractivity contribution in [3.63, 3.8) is 0 Å². The zero-order valence-electron chi connectivity index (χ0n) is 22.9. The van der Waals surface area contributed by atoms with E-state index in [1.807, 2.05) is 18.2 Å². The van der Waals surface area contributed by atoms with E-state index in [2.05, 4.69) is 49.1 Å². The fraction of sp³-hybridized carbons (Fsp3) is 0.517. The van der Waals surface area contributed by atoms with Crippen LogP contribution < -0.4 is 14.4 Å². The molecular weight excluding hydrogens is 473 g/mol. The molecule has 7 heteroatoms. The van der Waals surface area contributed by atoms with E-state index < -0.39 is 7.60 Å². The fourth-order valence-corrected chi connectivity index (χ4v) is 5.73. The molecule has 36 heavy (non-hydrogen) atoms. The van der Waals surface area contributed by atoms with Gasteiger partial charge in [0.25, 0.3) is 0 Å². The highest BCUT2D eigenvalue weighted by Gasteiger charge is 2.26. The molecule has 0 fully saturated rings. The molecule has 0 aromatic heterocycles. The first-order chi connectivity index (χ1) is 17.4. The Morgan fingerprint density at radius 1 is 0.806 bits per heavy atom. The lowest BCUT2D eigenvalue weighted by Crippen LogP contribution is -2.25. The standard InChI is InChI=1S/C29H44NO5P/c1-7-11-19-30(20-12-8-2)27-17-14-24(15-18-27)13-16-25-21-29(33-6)26(22-28(25)32-5)23-36(31,34-9-3)35-10-4/h13-18,21-22H,7-12,19-20,23H2,1-6H3. The minimum Gasteiger partial charge on any atom is -0.496 e. The second-order valence-corrected chi connectivity index (χ2v) is 10.7. The maximum Gasteiger partial charge on any atom is 0.335 e. The summed E-state index contributed by atoms with van der Waals surface area (Å²) in [4.78, 5) is 2.48. The predicted molar refractivity (Wildman–Crippen MR) is 152 cm³/mol. The minimum atomic E-state index is -3.28. The third-order valence-corrected chi connectivity index (χ3v) is 7.96. The zero-order valence-corrected chi connectivity index (χ0v) is 23.8. The molecule has 0 amide bonds. The predicted octanol–water partition coefficient (Wildman–Crippen LogP) is 8.05. The molecule has 2 aromatic rings. The van der Waals surface area contributed by atoms with Crippen LogP contribution in [0.5, 0.6) is 11.5 Å². The number of ether oxygens (including phenoxy) is 2. The van der Waals surface area contributed by atoms with Crippen LogP contribution in [0.15, 0.2) is 36.4 Å². The van der Waals surface area contributed by atoms with Gasteiger partial charge in [0.15, 0.2) is 0 Å². The van der Waals surface area contributed by atoms with E-state index in [0.717, 1.165) is 29.8 Å². The van der Waals surface area contributed by atoms with Gasteiger partial charge in [-0.1, -0.05) is 51.0 Å². The summed E-state index contributed by atoms with van der Waals surface area (Å²) < 4.78 is 35.3. The van der Waals surface area contributed by atoms with Crippen LogP contribution in [0.4, 0.5) is 5.69 Å². The van der Waals surface area contributed by atoms with Gasteiger partial charge in [0, 0.05) is 29.9 Å². The molecule has 6 nitrogen and oxygen atoms in total. The Hall–Kier alpha value is -2.27. The van der Waals surface area contributed by atoms with E-state index in [0.29, 0.717) is 24.7 Å². The average molecular weight is 518 g/mol. The zero-order chi connectivity index (χ0) is 26.4. The summed E-state index contributed by atoms with van der Waals surface area (Å²) in [7, 11) is -0.0429. The number of nitrogens with zero attached hydrogens (tertiary/aromatic N) is 1. The Bertz CT molecular complexity index is 972. The van der Waals surface area contributed by atoms with Crippen molar-refractivity contribution in [3.05, 3.63) is 53.1 Å². The van der Waals surface area contributed by atoms with Crippen LogP contribution >= 0.6 is 7.60 Å². The smallest absolute Gasteiger partial charge is 0.335 e. The van der Waals surface area contributed by atoms with Crippen LogP contribution in [-0.2, 0) is 19.8 Å². The Morgan fingerprint density at radius 2 is 1.39 bits per heavy atom. The SMILES string of the molecule is CCCCN(CCCC)c1ccc(C=Cc2cc(OC)c(CP(=O)(OCC)OCC)cc2OC)cc1. The molecule has 0 aliphatic carbocycles. The van der Waals surface area contributed by atoms with Crippen LogP contribution in [0.1, 0.15) is 70.1 Å². The van der Waals surface area contributed by atoms with Gasteiger partial charge in [-0.2, -0.15) is 0 Å². The molecule has 200 valence electrons. The Labute approximate surface area is 218 Å². The summed E-state index contributed by atoms with van der Waals surface area (Å²) in [6.07, 6.45) is 8.99. The highest BCUT2D eigenvalue weighted by atomic mass is 31.2. The molecule has 0 bridgehead atoms. The van der Waals surface area contributed by atoms with Crippen molar-refractivity contribution in [1.29, 1.82) is 0 Å². The maximum absolute atomic E-state index is 13.1. The number of hydrogen-bond donors (Lipinski definition) is 0. The number of benzene rings is 2. The summed E-state index contributed by atoms with van der Waals surface area (Å²) in [6.45, 7) is 10.9. The quantitative estimate of drug-likeness (QED) is 0.156. The number of unbranched alkanes of at least 4 members (excludes halogenated alkanes) is 2. The van der Waals surface area contributed by atoms with Gasteiger partial charge in [-0.25, -0.2) is 0 Å². The average Bonchev–Trinajstić information content (AvgIpc) is 2.88. The van der Waals surface area contributed by atoms with Gasteiger partial charge in [-0.15, -0.1) is 0 Å². The molecule has 0 aliphatic heterocycles. The summed E-state index contributed by atoms with van der Waals surface area (Å²) in [5.41, 5.74) is 3.97. The third kappa shape index (κ3) is 8.99. The van der Waals surface area contributed by atoms with E-state index in [-0.39, 0.29) is 6.16 Å². The molecule has 0 atom stereocenters. The first kappa shape index (κ1) is 30.0. The Balaban J connectivity index is 2.26. The Morgan fingerprint density at radius 3 is 1.89 bits per heavy atom. The molecule has 0 heterocycles. The largest absolute Gasteiger partial charge is 0.496 e. The molecule has 2 aromatic carbocycles. The lowest BCUT2D eigenvalue weighted by molar-refractivity contribution is 0.219. The molecule has 0 spiro atoms. The summed E-state index contributed by atoms with van der Waals surface area (Å²) in [5, 5.41) is 0. The first-order valence-corrected chi connectivity index (χ1v) is 14.8. The lowest BCUT2D eigenvalue weighted by Gasteiger charge is -2.24. The van der Waals surface area contributed by atoms with Crippen molar-refractivity contribution in [2.24, 2.45) is 0 Å². The highest BCUT2D eigenvalue weighted by Crippen LogP contribution is 2.53. The van der Waals surface area contributed by atoms with Crippen molar-refractivity contribution in [2.75, 3.05) is 45.4 Å². The van der Waals surface area contributed by atoms with Crippen LogP contribution in [0, 0.1) is 0 Å². The summed E-state index contributed by atoms with van der Waals surface area (Å²) in [5.74, 6) is 1.29. The molecule has 0 N–H and O–H groups in total. The van der Waals surface area contributed by atoms with Crippen LogP contribution in [0.3, 0.4) is 0 Å². The minimum absolute atomic E-state index is 0.117. The molecule has 0 unspecified atom stereocenters. The van der Waals surface area contributed by atoms with Crippen molar-refractivity contribution in [2.45, 2.75) is 59.5 Å². The van der Waals surface area contributed by atoms with Gasteiger partial charge in [-0.05, 0) is 56.5 Å². The van der Waals surface area contributed by atoms with Crippen LogP contribution in [-0.4, -0.2) is 40.5 Å². The lowest BCUT2D eigenvalue weighted by atomic mass is 10.1. The highest BCUT2D eigenvalue weighted by molar-refractivity contribution is 7.53. The molecule has 0 saturated heterocycles. The number of hydrogen-bond acceptors (Lipinski definition) is 6. The van der Waals surface area contributed by atoms with Gasteiger partial charge in [0.2, 0.25) is 0 Å². The van der Waals surface area contributed by atoms with E-state index in [9.17, 15) is 4.57 Å². The van der Waals surface area contributed by atoms with E-state index in [1.165, 1.54) is 31.4 Å². The van der Waals surface area contributed by atoms with Gasteiger partial charge in [-0.3, -0.25) is 4.57 Å². The monoisotopic (exact) mass is 517 g/mol. The van der Waals surface area contributed by atoms with Gasteiger partial charge < -0.3 is 23.4 Å². The number of methoxy groups -OCH3 is 2. The van der Waals surface area contributed by atoms with Crippen molar-refractivity contribution in [3.8, 4) is 11.5 Å². The molecular formula is C29H44NO5P. The van der Waals surface area contributed by atoms with Gasteiger partial charge >= 0.3 is 7.60 Å². The molecule has 0 aliphatic rings. The number of rotatable bonds is 17. The maximum atomic E-state index is 13.1. The molecule has 0 radical (unpaired) electrons. The number of anilines is 1. The van der Waals surface area contributed by atoms with E-state index in [4.69, 9.17) is 18.5 Å². The molecule has 0 saturated carbocycles. The third-order valence-electron chi connectivity index (χ3n) is 5.93. The second-order valence-electron chi connectivity index (χ2n) is 8.63. The second kappa shape index (κ2) is 15.8. The van der Waals surface area contributed by atoms with Crippen LogP contribution in [0.2, 0.25) is 0 Å². The normalized spacial score (nSPS) is 11.7. The van der Waals surface area contributed by atoms with Gasteiger partial charge in [0.1, 0.15) is 11.5 Å². The molecule has 2 rings (SSSR count). The Kier molecular flexibility index (Phi) is 13.1. The van der Waals surface area contributed by atoms with E-state index >= 15 is 0 Å². The summed E-state index contributed by atoms with van der Waals surface area (Å²) in [6, 6.07) is 12.4. The van der Waals surface area contributed by atoms with Crippen LogP contribution in [0.25, 0.3) is 12.2 Å². The van der Waals surface area contributed by atoms with Crippen molar-refractivity contribution in [1.82, 2.24) is 0 Å². The van der Waals surface area contributed by atoms with E-state index in [1.54, 1.807) is 28.1 Å². The first-order valence-electron chi connectivity index (χ1n) is 13.1. The topological polar surface area (TPSA) is 57.2 Å². The van der Waals surface area contributed by atoms with Crippen molar-refractivity contribution < 1.29 is 23.1 Å². The van der Waals surface area contributed by atoms with Crippen molar-refractivity contribution >= 4 is 25.4 Å². The fourth-order valence-electron chi connectivity index (χ4n) is 4.02. The van der Waals surface area contributed by atoms with Gasteiger partial charge in [0.05, 0.1) is 33.6 Å². The summed E-state index contributed by atoms with van der Waals surface area (Å²) >= 11 is 0.